The number of hydrogen-bond acceptors (Lipinski definition) is 2. The summed E-state index contributed by atoms with van der Waals surface area (Å²) in [6, 6.07) is 6.84. The van der Waals surface area contributed by atoms with Crippen LogP contribution in [0.25, 0.3) is 0 Å². The molecule has 0 unspecified atom stereocenters. The number of fused-ring (bicyclic) bond motifs is 1. The van der Waals surface area contributed by atoms with Gasteiger partial charge in [-0.05, 0) is 41.9 Å². The highest BCUT2D eigenvalue weighted by atomic mass is 16.4. The van der Waals surface area contributed by atoms with Gasteiger partial charge in [-0.3, -0.25) is 9.69 Å². The summed E-state index contributed by atoms with van der Waals surface area (Å²) in [5.74, 6) is -0.311. The first-order valence-corrected chi connectivity index (χ1v) is 6.75. The summed E-state index contributed by atoms with van der Waals surface area (Å²) in [6.45, 7) is 2.84. The maximum atomic E-state index is 10.6. The Morgan fingerprint density at radius 1 is 1.28 bits per heavy atom. The van der Waals surface area contributed by atoms with Crippen LogP contribution in [-0.2, 0) is 24.2 Å². The van der Waals surface area contributed by atoms with Gasteiger partial charge in [0.1, 0.15) is 0 Å². The molecule has 3 heteroatoms. The van der Waals surface area contributed by atoms with Gasteiger partial charge in [-0.2, -0.15) is 0 Å². The van der Waals surface area contributed by atoms with Gasteiger partial charge in [0.15, 0.2) is 0 Å². The minimum atomic E-state index is -0.669. The number of aryl methyl sites for hydroxylation is 2. The van der Waals surface area contributed by atoms with E-state index in [2.05, 4.69) is 23.1 Å². The fraction of sp³-hybridized carbons (Fsp3) is 0.533. The monoisotopic (exact) mass is 245 g/mol. The number of benzene rings is 1. The van der Waals surface area contributed by atoms with Gasteiger partial charge in [0.25, 0.3) is 0 Å². The third-order valence-corrected chi connectivity index (χ3v) is 4.07. The molecule has 0 aromatic heterocycles. The van der Waals surface area contributed by atoms with Crippen LogP contribution >= 0.6 is 0 Å². The zero-order chi connectivity index (χ0) is 12.5. The number of carboxylic acid groups (broad SMARTS) is 1. The lowest BCUT2D eigenvalue weighted by molar-refractivity contribution is -0.139. The molecule has 0 atom stereocenters. The molecule has 2 aliphatic rings. The minimum absolute atomic E-state index is 0.320. The molecule has 1 N–H and O–H groups in total. The fourth-order valence-electron chi connectivity index (χ4n) is 3.16. The van der Waals surface area contributed by atoms with E-state index in [0.717, 1.165) is 19.6 Å². The number of aliphatic carboxylic acids is 1. The molecule has 3 nitrogen and oxygen atoms in total. The summed E-state index contributed by atoms with van der Waals surface area (Å²) in [4.78, 5) is 12.9. The van der Waals surface area contributed by atoms with Crippen LogP contribution in [0.2, 0.25) is 0 Å². The molecule has 0 bridgehead atoms. The van der Waals surface area contributed by atoms with Gasteiger partial charge in [0.05, 0.1) is 6.42 Å². The topological polar surface area (TPSA) is 40.5 Å². The highest BCUT2D eigenvalue weighted by Crippen LogP contribution is 2.25. The molecule has 1 saturated heterocycles. The maximum Gasteiger partial charge on any atom is 0.303 e. The molecule has 0 amide bonds. The van der Waals surface area contributed by atoms with E-state index < -0.39 is 5.97 Å². The van der Waals surface area contributed by atoms with Crippen LogP contribution in [0.15, 0.2) is 18.2 Å². The normalized spacial score (nSPS) is 19.6. The van der Waals surface area contributed by atoms with Crippen LogP contribution in [-0.4, -0.2) is 29.1 Å². The lowest BCUT2D eigenvalue weighted by Crippen LogP contribution is -2.46. The van der Waals surface area contributed by atoms with Crippen molar-refractivity contribution >= 4 is 5.97 Å². The Morgan fingerprint density at radius 3 is 2.83 bits per heavy atom. The van der Waals surface area contributed by atoms with Gasteiger partial charge < -0.3 is 5.11 Å². The van der Waals surface area contributed by atoms with Crippen LogP contribution in [0, 0.1) is 5.92 Å². The van der Waals surface area contributed by atoms with E-state index in [4.69, 9.17) is 5.11 Å². The zero-order valence-corrected chi connectivity index (χ0v) is 10.6. The Hall–Kier alpha value is -1.35. The van der Waals surface area contributed by atoms with E-state index in [1.807, 2.05) is 0 Å². The predicted molar refractivity (Wildman–Crippen MR) is 69.5 cm³/mol. The number of carboxylic acids is 1. The summed E-state index contributed by atoms with van der Waals surface area (Å²) in [7, 11) is 0. The molecular weight excluding hydrogens is 226 g/mol. The molecule has 18 heavy (non-hydrogen) atoms. The number of hydrogen-bond donors (Lipinski definition) is 1. The predicted octanol–water partition coefficient (Wildman–Crippen LogP) is 2.08. The van der Waals surface area contributed by atoms with E-state index in [-0.39, 0.29) is 0 Å². The van der Waals surface area contributed by atoms with E-state index in [1.54, 1.807) is 0 Å². The molecular formula is C15H19NO2. The van der Waals surface area contributed by atoms with Crippen molar-refractivity contribution in [2.24, 2.45) is 5.92 Å². The summed E-state index contributed by atoms with van der Waals surface area (Å²) in [5, 5.41) is 8.71. The average Bonchev–Trinajstić information content (AvgIpc) is 2.72. The number of nitrogens with zero attached hydrogens (tertiary/aromatic N) is 1. The minimum Gasteiger partial charge on any atom is -0.481 e. The second-order valence-corrected chi connectivity index (χ2v) is 5.61. The van der Waals surface area contributed by atoms with Crippen molar-refractivity contribution in [1.82, 2.24) is 4.90 Å². The molecule has 1 aliphatic carbocycles. The fourth-order valence-corrected chi connectivity index (χ4v) is 3.16. The van der Waals surface area contributed by atoms with Gasteiger partial charge in [-0.15, -0.1) is 0 Å². The molecule has 0 radical (unpaired) electrons. The van der Waals surface area contributed by atoms with Gasteiger partial charge in [0, 0.05) is 19.6 Å². The Kier molecular flexibility index (Phi) is 3.08. The van der Waals surface area contributed by atoms with Gasteiger partial charge in [-0.1, -0.05) is 18.2 Å². The van der Waals surface area contributed by atoms with Crippen molar-refractivity contribution in [3.8, 4) is 0 Å². The Balaban J connectivity index is 1.54. The van der Waals surface area contributed by atoms with Crippen LogP contribution in [0.4, 0.5) is 0 Å². The lowest BCUT2D eigenvalue weighted by Gasteiger charge is -2.38. The molecule has 1 heterocycles. The lowest BCUT2D eigenvalue weighted by atomic mass is 9.95. The second-order valence-electron chi connectivity index (χ2n) is 5.61. The maximum absolute atomic E-state index is 10.6. The number of likely N-dealkylation sites (tertiary alicyclic amines) is 1. The third-order valence-electron chi connectivity index (χ3n) is 4.07. The largest absolute Gasteiger partial charge is 0.481 e. The summed E-state index contributed by atoms with van der Waals surface area (Å²) < 4.78 is 0. The van der Waals surface area contributed by atoms with E-state index >= 15 is 0 Å². The highest BCUT2D eigenvalue weighted by Gasteiger charge is 2.28. The van der Waals surface area contributed by atoms with Gasteiger partial charge in [0.2, 0.25) is 0 Å². The first-order chi connectivity index (χ1) is 8.70. The van der Waals surface area contributed by atoms with Crippen LogP contribution in [0.5, 0.6) is 0 Å². The van der Waals surface area contributed by atoms with E-state index in [9.17, 15) is 4.79 Å². The summed E-state index contributed by atoms with van der Waals surface area (Å²) >= 11 is 0. The SMILES string of the molecule is O=C(O)CC1CN(Cc2ccc3c(c2)CCC3)C1. The molecule has 1 aromatic carbocycles. The Morgan fingerprint density at radius 2 is 2.06 bits per heavy atom. The molecule has 3 rings (SSSR count). The first kappa shape index (κ1) is 11.7. The van der Waals surface area contributed by atoms with Crippen molar-refractivity contribution < 1.29 is 9.90 Å². The summed E-state index contributed by atoms with van der Waals surface area (Å²) in [6.07, 6.45) is 4.08. The highest BCUT2D eigenvalue weighted by molar-refractivity contribution is 5.67. The van der Waals surface area contributed by atoms with Gasteiger partial charge in [-0.25, -0.2) is 0 Å². The van der Waals surface area contributed by atoms with Crippen molar-refractivity contribution in [1.29, 1.82) is 0 Å². The molecule has 1 fully saturated rings. The van der Waals surface area contributed by atoms with Crippen molar-refractivity contribution in [2.75, 3.05) is 13.1 Å². The molecule has 1 aliphatic heterocycles. The Bertz CT molecular complexity index is 464. The second kappa shape index (κ2) is 4.73. The van der Waals surface area contributed by atoms with Crippen molar-refractivity contribution in [3.63, 3.8) is 0 Å². The van der Waals surface area contributed by atoms with E-state index in [1.165, 1.54) is 36.0 Å². The zero-order valence-electron chi connectivity index (χ0n) is 10.6. The number of rotatable bonds is 4. The van der Waals surface area contributed by atoms with Crippen LogP contribution in [0.1, 0.15) is 29.5 Å². The third kappa shape index (κ3) is 2.41. The Labute approximate surface area is 107 Å². The quantitative estimate of drug-likeness (QED) is 0.883. The van der Waals surface area contributed by atoms with E-state index in [0.29, 0.717) is 12.3 Å². The number of carbonyl (C=O) groups is 1. The molecule has 0 spiro atoms. The molecule has 0 saturated carbocycles. The van der Waals surface area contributed by atoms with Gasteiger partial charge >= 0.3 is 5.97 Å². The van der Waals surface area contributed by atoms with Crippen LogP contribution in [0.3, 0.4) is 0 Å². The molecule has 1 aromatic rings. The first-order valence-electron chi connectivity index (χ1n) is 6.75. The standard InChI is InChI=1S/C15H19NO2/c17-15(18)7-12-9-16(10-12)8-11-4-5-13-2-1-3-14(13)6-11/h4-6,12H,1-3,7-10H2,(H,17,18). The van der Waals surface area contributed by atoms with Crippen LogP contribution < -0.4 is 0 Å². The molecule has 96 valence electrons. The van der Waals surface area contributed by atoms with Crippen molar-refractivity contribution in [3.05, 3.63) is 34.9 Å². The summed E-state index contributed by atoms with van der Waals surface area (Å²) in [5.41, 5.74) is 4.42. The average molecular weight is 245 g/mol. The smallest absolute Gasteiger partial charge is 0.303 e. The van der Waals surface area contributed by atoms with Crippen molar-refractivity contribution in [2.45, 2.75) is 32.2 Å².